The molecule has 4 aromatic carbocycles. The molecule has 2 aliphatic rings. The number of rotatable bonds is 10. The smallest absolute Gasteiger partial charge is 0.416 e. The number of alkyl halides is 6. The maximum Gasteiger partial charge on any atom is 0.416 e. The predicted octanol–water partition coefficient (Wildman–Crippen LogP) is 11.4. The Kier molecular flexibility index (Phi) is 14.1. The highest BCUT2D eigenvalue weighted by atomic mass is 32.2. The number of nitrogens with zero attached hydrogens (tertiary/aromatic N) is 6. The van der Waals surface area contributed by atoms with Crippen LogP contribution in [0.3, 0.4) is 0 Å². The fraction of sp³-hybridized carbons (Fsp3) is 0.259. The normalized spacial score (nSPS) is 15.8. The zero-order chi connectivity index (χ0) is 52.7. The number of benzene rings is 4. The van der Waals surface area contributed by atoms with Gasteiger partial charge in [-0.15, -0.1) is 0 Å². The van der Waals surface area contributed by atoms with Crippen LogP contribution in [-0.2, 0) is 57.6 Å². The lowest BCUT2D eigenvalue weighted by Gasteiger charge is -2.29. The summed E-state index contributed by atoms with van der Waals surface area (Å²) in [5.41, 5.74) is 6.03. The molecule has 0 radical (unpaired) electrons. The summed E-state index contributed by atoms with van der Waals surface area (Å²) in [5, 5.41) is 8.27. The number of sulfone groups is 2. The van der Waals surface area contributed by atoms with Crippen molar-refractivity contribution in [3.8, 4) is 34.0 Å². The van der Waals surface area contributed by atoms with Crippen molar-refractivity contribution in [3.63, 3.8) is 0 Å². The highest BCUT2D eigenvalue weighted by molar-refractivity contribution is 7.91. The van der Waals surface area contributed by atoms with Gasteiger partial charge in [0.1, 0.15) is 11.5 Å². The molecule has 20 heteroatoms. The first kappa shape index (κ1) is 51.6. The molecule has 2 aliphatic heterocycles. The molecule has 12 nitrogen and oxygen atoms in total. The molecule has 0 spiro atoms. The molecule has 384 valence electrons. The van der Waals surface area contributed by atoms with E-state index in [1.165, 1.54) is 58.2 Å². The van der Waals surface area contributed by atoms with Gasteiger partial charge in [-0.3, -0.25) is 19.3 Å². The fourth-order valence-electron chi connectivity index (χ4n) is 9.48. The summed E-state index contributed by atoms with van der Waals surface area (Å²) in [6.45, 7) is 4.33. The summed E-state index contributed by atoms with van der Waals surface area (Å²) >= 11 is 0. The molecule has 4 aromatic heterocycles. The second kappa shape index (κ2) is 20.2. The maximum absolute atomic E-state index is 13.6. The van der Waals surface area contributed by atoms with Gasteiger partial charge >= 0.3 is 12.4 Å². The van der Waals surface area contributed by atoms with Crippen LogP contribution < -0.4 is 9.47 Å². The number of halogens is 6. The summed E-state index contributed by atoms with van der Waals surface area (Å²) in [7, 11) is -4.04. The molecule has 6 heterocycles. The van der Waals surface area contributed by atoms with E-state index < -0.39 is 43.2 Å². The van der Waals surface area contributed by atoms with Crippen LogP contribution in [0.1, 0.15) is 80.6 Å². The molecule has 2 atom stereocenters. The van der Waals surface area contributed by atoms with E-state index in [1.54, 1.807) is 75.0 Å². The molecule has 0 fully saturated rings. The van der Waals surface area contributed by atoms with Gasteiger partial charge in [-0.05, 0) is 134 Å². The molecule has 0 saturated carbocycles. The number of aromatic nitrogens is 6. The lowest BCUT2D eigenvalue weighted by Crippen LogP contribution is -2.18. The zero-order valence-electron chi connectivity index (χ0n) is 40.3. The Morgan fingerprint density at radius 2 is 0.905 bits per heavy atom. The van der Waals surface area contributed by atoms with Crippen molar-refractivity contribution >= 4 is 19.7 Å². The van der Waals surface area contributed by atoms with E-state index in [2.05, 4.69) is 20.2 Å². The van der Waals surface area contributed by atoms with Crippen LogP contribution in [0.4, 0.5) is 26.3 Å². The quantitative estimate of drug-likeness (QED) is 0.121. The summed E-state index contributed by atoms with van der Waals surface area (Å²) in [6.07, 6.45) is -1.70. The van der Waals surface area contributed by atoms with E-state index >= 15 is 0 Å². The molecule has 74 heavy (non-hydrogen) atoms. The van der Waals surface area contributed by atoms with Gasteiger partial charge in [-0.25, -0.2) is 16.8 Å². The number of fused-ring (bicyclic) bond motifs is 2. The molecule has 0 unspecified atom stereocenters. The Labute approximate surface area is 423 Å². The molecule has 0 aliphatic carbocycles. The third kappa shape index (κ3) is 11.0. The van der Waals surface area contributed by atoms with Crippen molar-refractivity contribution in [1.82, 2.24) is 29.5 Å². The standard InChI is InChI=1S/2C27H24F3N3O3S/c2*1-17-7-10-31-19(13-17)16-37(34,35)20-4-6-23-22(9-12-36-26(23)15-20)21-5-3-18(27(28,29)30)14-24(21)25-8-11-32-33(25)2/h2*3-8,10-11,13-15,22H,9,12,16H2,1-2H3/t2*22-/m10/s1. The van der Waals surface area contributed by atoms with E-state index in [1.807, 2.05) is 13.8 Å². The Bertz CT molecular complexity index is 3400. The van der Waals surface area contributed by atoms with Crippen molar-refractivity contribution in [2.24, 2.45) is 14.1 Å². The zero-order valence-corrected chi connectivity index (χ0v) is 41.9. The van der Waals surface area contributed by atoms with Gasteiger partial charge in [0, 0.05) is 73.0 Å². The van der Waals surface area contributed by atoms with E-state index in [-0.39, 0.29) is 33.1 Å². The number of pyridine rings is 2. The largest absolute Gasteiger partial charge is 0.493 e. The first-order valence-electron chi connectivity index (χ1n) is 23.3. The van der Waals surface area contributed by atoms with Crippen LogP contribution in [0, 0.1) is 13.8 Å². The van der Waals surface area contributed by atoms with Crippen LogP contribution in [0.5, 0.6) is 11.5 Å². The molecule has 0 amide bonds. The average molecular weight is 1060 g/mol. The van der Waals surface area contributed by atoms with Gasteiger partial charge in [0.2, 0.25) is 0 Å². The Hall–Kier alpha value is -7.32. The number of aryl methyl sites for hydroxylation is 4. The summed E-state index contributed by atoms with van der Waals surface area (Å²) in [5.74, 6) is -0.256. The van der Waals surface area contributed by atoms with Gasteiger partial charge in [0.25, 0.3) is 0 Å². The van der Waals surface area contributed by atoms with E-state index in [4.69, 9.17) is 9.47 Å². The van der Waals surface area contributed by atoms with E-state index in [0.717, 1.165) is 46.5 Å². The summed E-state index contributed by atoms with van der Waals surface area (Å²) in [6, 6.07) is 27.3. The summed E-state index contributed by atoms with van der Waals surface area (Å²) < 4.78 is 149. The van der Waals surface area contributed by atoms with Gasteiger partial charge in [0.05, 0.1) is 68.4 Å². The van der Waals surface area contributed by atoms with Crippen molar-refractivity contribution in [1.29, 1.82) is 0 Å². The first-order valence-corrected chi connectivity index (χ1v) is 26.6. The minimum Gasteiger partial charge on any atom is -0.493 e. The van der Waals surface area contributed by atoms with Crippen molar-refractivity contribution in [3.05, 3.63) is 190 Å². The number of ether oxygens (including phenoxy) is 2. The number of hydrogen-bond acceptors (Lipinski definition) is 10. The van der Waals surface area contributed by atoms with Crippen molar-refractivity contribution in [2.75, 3.05) is 13.2 Å². The lowest BCUT2D eigenvalue weighted by atomic mass is 9.83. The molecule has 0 N–H and O–H groups in total. The van der Waals surface area contributed by atoms with Crippen LogP contribution in [0.2, 0.25) is 0 Å². The monoisotopic (exact) mass is 1050 g/mol. The third-order valence-electron chi connectivity index (χ3n) is 13.1. The van der Waals surface area contributed by atoms with Crippen molar-refractivity contribution in [2.45, 2.75) is 72.2 Å². The highest BCUT2D eigenvalue weighted by Gasteiger charge is 2.36. The average Bonchev–Trinajstić information content (AvgIpc) is 3.99. The second-order valence-electron chi connectivity index (χ2n) is 18.2. The van der Waals surface area contributed by atoms with Gasteiger partial charge in [-0.1, -0.05) is 24.3 Å². The highest BCUT2D eigenvalue weighted by Crippen LogP contribution is 2.46. The van der Waals surface area contributed by atoms with Gasteiger partial charge < -0.3 is 9.47 Å². The fourth-order valence-corrected chi connectivity index (χ4v) is 12.0. The minimum atomic E-state index is -4.49. The SMILES string of the molecule is Cc1ccnc(CS(=O)(=O)c2ccc3c(c2)OCC[C@@H]3c2ccc(C(F)(F)F)cc2-c2ccnn2C)c1.Cc1ccnc(CS(=O)(=O)c2ccc3c(c2)OCC[C@H]3c2ccc(C(F)(F)F)cc2-c2ccnn2C)c1. The topological polar surface area (TPSA) is 148 Å². The predicted molar refractivity (Wildman–Crippen MR) is 264 cm³/mol. The molecular weight excluding hydrogens is 1010 g/mol. The Balaban J connectivity index is 0.000000182. The Morgan fingerprint density at radius 3 is 1.26 bits per heavy atom. The molecule has 10 rings (SSSR count). The van der Waals surface area contributed by atoms with Crippen LogP contribution >= 0.6 is 0 Å². The lowest BCUT2D eigenvalue weighted by molar-refractivity contribution is -0.138. The van der Waals surface area contributed by atoms with Crippen LogP contribution in [0.25, 0.3) is 22.5 Å². The molecule has 8 aromatic rings. The Morgan fingerprint density at radius 1 is 0.514 bits per heavy atom. The van der Waals surface area contributed by atoms with E-state index in [9.17, 15) is 43.2 Å². The van der Waals surface area contributed by atoms with E-state index in [0.29, 0.717) is 82.6 Å². The minimum absolute atomic E-state index is 0.106. The first-order chi connectivity index (χ1) is 35.1. The van der Waals surface area contributed by atoms with Crippen molar-refractivity contribution < 1.29 is 52.7 Å². The molecule has 0 bridgehead atoms. The van der Waals surface area contributed by atoms with Gasteiger partial charge in [0.15, 0.2) is 19.7 Å². The van der Waals surface area contributed by atoms with Gasteiger partial charge in [-0.2, -0.15) is 36.5 Å². The van der Waals surface area contributed by atoms with Crippen LogP contribution in [0.15, 0.2) is 144 Å². The number of hydrogen-bond donors (Lipinski definition) is 0. The second-order valence-corrected chi connectivity index (χ2v) is 22.2. The summed E-state index contributed by atoms with van der Waals surface area (Å²) in [4.78, 5) is 8.53. The third-order valence-corrected chi connectivity index (χ3v) is 16.4. The van der Waals surface area contributed by atoms with Crippen LogP contribution in [-0.4, -0.2) is 59.6 Å². The molecule has 0 saturated heterocycles. The molecular formula is C54H48F6N6O6S2. The maximum atomic E-state index is 13.6.